The lowest BCUT2D eigenvalue weighted by Crippen LogP contribution is -2.42. The Morgan fingerprint density at radius 2 is 2.15 bits per heavy atom. The lowest BCUT2D eigenvalue weighted by Gasteiger charge is -2.14. The van der Waals surface area contributed by atoms with E-state index in [1.165, 1.54) is 0 Å². The second-order valence-electron chi connectivity index (χ2n) is 4.66. The maximum atomic E-state index is 5.65. The highest BCUT2D eigenvalue weighted by Crippen LogP contribution is 2.34. The molecule has 0 aromatic heterocycles. The summed E-state index contributed by atoms with van der Waals surface area (Å²) in [6.45, 7) is 5.61. The fraction of sp³-hybridized carbons (Fsp3) is 0.500. The molecule has 1 heterocycles. The average molecular weight is 279 g/mol. The minimum Gasteiger partial charge on any atom is -0.492 e. The van der Waals surface area contributed by atoms with Crippen molar-refractivity contribution in [2.75, 3.05) is 27.0 Å². The van der Waals surface area contributed by atoms with Crippen LogP contribution < -0.4 is 24.8 Å². The number of fused-ring (bicyclic) bond motifs is 1. The van der Waals surface area contributed by atoms with Gasteiger partial charge < -0.3 is 24.8 Å². The zero-order chi connectivity index (χ0) is 14.4. The minimum absolute atomic E-state index is 0.275. The van der Waals surface area contributed by atoms with Crippen molar-refractivity contribution in [3.8, 4) is 17.2 Å². The van der Waals surface area contributed by atoms with Gasteiger partial charge in [-0.15, -0.1) is 0 Å². The molecule has 0 aliphatic carbocycles. The van der Waals surface area contributed by atoms with Crippen LogP contribution in [0.25, 0.3) is 0 Å². The van der Waals surface area contributed by atoms with Crippen molar-refractivity contribution in [2.24, 2.45) is 4.99 Å². The van der Waals surface area contributed by atoms with Gasteiger partial charge in [0.25, 0.3) is 0 Å². The Balaban J connectivity index is 1.73. The Kier molecular flexibility index (Phi) is 4.92. The number of nitrogens with zero attached hydrogens (tertiary/aromatic N) is 1. The molecule has 0 saturated carbocycles. The van der Waals surface area contributed by atoms with Crippen molar-refractivity contribution in [1.29, 1.82) is 0 Å². The van der Waals surface area contributed by atoms with Crippen LogP contribution in [0.15, 0.2) is 23.2 Å². The number of guanidine groups is 1. The predicted molar refractivity (Wildman–Crippen MR) is 77.7 cm³/mol. The van der Waals surface area contributed by atoms with Crippen LogP contribution in [0.5, 0.6) is 17.2 Å². The van der Waals surface area contributed by atoms with Gasteiger partial charge in [-0.1, -0.05) is 0 Å². The molecule has 0 fully saturated rings. The van der Waals surface area contributed by atoms with E-state index in [1.54, 1.807) is 7.05 Å². The van der Waals surface area contributed by atoms with E-state index in [2.05, 4.69) is 29.5 Å². The van der Waals surface area contributed by atoms with Gasteiger partial charge in [-0.25, -0.2) is 0 Å². The van der Waals surface area contributed by atoms with Gasteiger partial charge in [0.15, 0.2) is 17.5 Å². The van der Waals surface area contributed by atoms with Gasteiger partial charge >= 0.3 is 0 Å². The van der Waals surface area contributed by atoms with Crippen LogP contribution in [-0.2, 0) is 0 Å². The fourth-order valence-electron chi connectivity index (χ4n) is 1.77. The Bertz CT molecular complexity index is 475. The SMILES string of the molecule is CN=C(NCCOc1ccc2c(c1)OCO2)NC(C)C. The lowest BCUT2D eigenvalue weighted by molar-refractivity contribution is 0.173. The topological polar surface area (TPSA) is 64.1 Å². The second kappa shape index (κ2) is 6.88. The van der Waals surface area contributed by atoms with Gasteiger partial charge in [-0.05, 0) is 26.0 Å². The molecule has 0 amide bonds. The molecule has 6 heteroatoms. The third kappa shape index (κ3) is 3.94. The summed E-state index contributed by atoms with van der Waals surface area (Å²) in [5.74, 6) is 3.03. The molecule has 110 valence electrons. The molecule has 0 spiro atoms. The number of nitrogens with one attached hydrogen (secondary N) is 2. The molecule has 1 aromatic carbocycles. The maximum Gasteiger partial charge on any atom is 0.231 e. The summed E-state index contributed by atoms with van der Waals surface area (Å²) in [4.78, 5) is 4.12. The third-order valence-electron chi connectivity index (χ3n) is 2.66. The number of hydrogen-bond donors (Lipinski definition) is 2. The number of ether oxygens (including phenoxy) is 3. The van der Waals surface area contributed by atoms with Crippen LogP contribution >= 0.6 is 0 Å². The third-order valence-corrected chi connectivity index (χ3v) is 2.66. The summed E-state index contributed by atoms with van der Waals surface area (Å²) < 4.78 is 16.2. The Morgan fingerprint density at radius 1 is 1.35 bits per heavy atom. The molecule has 0 bridgehead atoms. The van der Waals surface area contributed by atoms with Crippen LogP contribution in [0.1, 0.15) is 13.8 Å². The summed E-state index contributed by atoms with van der Waals surface area (Å²) in [6.07, 6.45) is 0. The average Bonchev–Trinajstić information content (AvgIpc) is 2.89. The number of aliphatic imine (C=N–C) groups is 1. The molecular formula is C14H21N3O3. The quantitative estimate of drug-likeness (QED) is 0.484. The largest absolute Gasteiger partial charge is 0.492 e. The van der Waals surface area contributed by atoms with E-state index < -0.39 is 0 Å². The molecule has 2 N–H and O–H groups in total. The van der Waals surface area contributed by atoms with Gasteiger partial charge in [0.1, 0.15) is 12.4 Å². The van der Waals surface area contributed by atoms with E-state index in [0.29, 0.717) is 19.2 Å². The molecule has 0 atom stereocenters. The van der Waals surface area contributed by atoms with Crippen LogP contribution in [0, 0.1) is 0 Å². The first kappa shape index (κ1) is 14.3. The van der Waals surface area contributed by atoms with Gasteiger partial charge in [-0.3, -0.25) is 4.99 Å². The van der Waals surface area contributed by atoms with E-state index in [-0.39, 0.29) is 6.79 Å². The van der Waals surface area contributed by atoms with Crippen LogP contribution in [0.2, 0.25) is 0 Å². The van der Waals surface area contributed by atoms with E-state index in [9.17, 15) is 0 Å². The van der Waals surface area contributed by atoms with Crippen LogP contribution in [-0.4, -0.2) is 39.0 Å². The molecule has 0 radical (unpaired) electrons. The van der Waals surface area contributed by atoms with Crippen molar-refractivity contribution in [2.45, 2.75) is 19.9 Å². The Hall–Kier alpha value is -2.11. The first-order valence-electron chi connectivity index (χ1n) is 6.68. The molecule has 6 nitrogen and oxygen atoms in total. The van der Waals surface area contributed by atoms with Crippen molar-refractivity contribution < 1.29 is 14.2 Å². The molecule has 0 unspecified atom stereocenters. The van der Waals surface area contributed by atoms with Crippen molar-refractivity contribution in [3.05, 3.63) is 18.2 Å². The van der Waals surface area contributed by atoms with Gasteiger partial charge in [0.2, 0.25) is 6.79 Å². The Morgan fingerprint density at radius 3 is 2.90 bits per heavy atom. The maximum absolute atomic E-state index is 5.65. The zero-order valence-electron chi connectivity index (χ0n) is 12.1. The molecule has 1 aliphatic heterocycles. The molecule has 1 aliphatic rings. The number of rotatable bonds is 5. The minimum atomic E-state index is 0.275. The molecule has 0 saturated heterocycles. The molecule has 2 rings (SSSR count). The second-order valence-corrected chi connectivity index (χ2v) is 4.66. The highest BCUT2D eigenvalue weighted by Gasteiger charge is 2.13. The highest BCUT2D eigenvalue weighted by molar-refractivity contribution is 5.79. The summed E-state index contributed by atoms with van der Waals surface area (Å²) in [5, 5.41) is 6.39. The predicted octanol–water partition coefficient (Wildman–Crippen LogP) is 1.37. The summed E-state index contributed by atoms with van der Waals surface area (Å²) in [7, 11) is 1.75. The van der Waals surface area contributed by atoms with Gasteiger partial charge in [0, 0.05) is 19.2 Å². The molecule has 20 heavy (non-hydrogen) atoms. The van der Waals surface area contributed by atoms with E-state index >= 15 is 0 Å². The van der Waals surface area contributed by atoms with Crippen molar-refractivity contribution >= 4 is 5.96 Å². The standard InChI is InChI=1S/C14H21N3O3/c1-10(2)17-14(15-3)16-6-7-18-11-4-5-12-13(8-11)20-9-19-12/h4-5,8,10H,6-7,9H2,1-3H3,(H2,15,16,17). The lowest BCUT2D eigenvalue weighted by atomic mass is 10.3. The fourth-order valence-corrected chi connectivity index (χ4v) is 1.77. The van der Waals surface area contributed by atoms with Crippen LogP contribution in [0.3, 0.4) is 0 Å². The molecule has 1 aromatic rings. The monoisotopic (exact) mass is 279 g/mol. The number of hydrogen-bond acceptors (Lipinski definition) is 4. The van der Waals surface area contributed by atoms with Gasteiger partial charge in [0.05, 0.1) is 6.54 Å². The first-order chi connectivity index (χ1) is 9.69. The first-order valence-corrected chi connectivity index (χ1v) is 6.68. The summed E-state index contributed by atoms with van der Waals surface area (Å²) in [6, 6.07) is 5.90. The van der Waals surface area contributed by atoms with E-state index in [1.807, 2.05) is 18.2 Å². The number of benzene rings is 1. The summed E-state index contributed by atoms with van der Waals surface area (Å²) >= 11 is 0. The van der Waals surface area contributed by atoms with Crippen LogP contribution in [0.4, 0.5) is 0 Å². The zero-order valence-corrected chi connectivity index (χ0v) is 12.1. The molecular weight excluding hydrogens is 258 g/mol. The van der Waals surface area contributed by atoms with Gasteiger partial charge in [-0.2, -0.15) is 0 Å². The highest BCUT2D eigenvalue weighted by atomic mass is 16.7. The smallest absolute Gasteiger partial charge is 0.231 e. The normalized spacial score (nSPS) is 13.5. The Labute approximate surface area is 119 Å². The summed E-state index contributed by atoms with van der Waals surface area (Å²) in [5.41, 5.74) is 0. The van der Waals surface area contributed by atoms with E-state index in [0.717, 1.165) is 23.2 Å². The van der Waals surface area contributed by atoms with Crippen molar-refractivity contribution in [1.82, 2.24) is 10.6 Å². The van der Waals surface area contributed by atoms with E-state index in [4.69, 9.17) is 14.2 Å². The van der Waals surface area contributed by atoms with Crippen molar-refractivity contribution in [3.63, 3.8) is 0 Å².